The summed E-state index contributed by atoms with van der Waals surface area (Å²) in [7, 11) is 0. The molecule has 21 heavy (non-hydrogen) atoms. The second-order valence-corrected chi connectivity index (χ2v) is 6.07. The van der Waals surface area contributed by atoms with Crippen LogP contribution < -0.4 is 4.74 Å². The van der Waals surface area contributed by atoms with Crippen molar-refractivity contribution in [3.8, 4) is 5.75 Å². The Kier molecular flexibility index (Phi) is 3.12. The fourth-order valence-corrected chi connectivity index (χ4v) is 2.92. The zero-order valence-electron chi connectivity index (χ0n) is 12.0. The second kappa shape index (κ2) is 5.00. The van der Waals surface area contributed by atoms with Crippen molar-refractivity contribution in [1.82, 2.24) is 9.78 Å². The van der Waals surface area contributed by atoms with Crippen LogP contribution in [0.3, 0.4) is 0 Å². The molecule has 5 nitrogen and oxygen atoms in total. The number of fused-ring (bicyclic) bond motifs is 1. The first-order chi connectivity index (χ1) is 10.3. The molecule has 0 spiro atoms. The predicted octanol–water partition coefficient (Wildman–Crippen LogP) is 2.64. The lowest BCUT2D eigenvalue weighted by Crippen LogP contribution is -2.22. The highest BCUT2D eigenvalue weighted by Crippen LogP contribution is 2.40. The molecule has 0 bridgehead atoms. The largest absolute Gasteiger partial charge is 0.485 e. The Morgan fingerprint density at radius 2 is 2.29 bits per heavy atom. The molecule has 2 heterocycles. The molecule has 112 valence electrons. The number of hydrogen-bond acceptors (Lipinski definition) is 4. The van der Waals surface area contributed by atoms with E-state index in [1.807, 2.05) is 29.1 Å². The van der Waals surface area contributed by atoms with Gasteiger partial charge in [-0.15, -0.1) is 0 Å². The maximum Gasteiger partial charge on any atom is 0.150 e. The molecule has 1 aliphatic carbocycles. The van der Waals surface area contributed by atoms with Crippen LogP contribution in [-0.2, 0) is 4.74 Å². The van der Waals surface area contributed by atoms with Gasteiger partial charge in [-0.05, 0) is 50.3 Å². The minimum Gasteiger partial charge on any atom is -0.485 e. The summed E-state index contributed by atoms with van der Waals surface area (Å²) in [5.74, 6) is 0.804. The molecular formula is C16H20N2O3. The lowest BCUT2D eigenvalue weighted by molar-refractivity contribution is -0.0366. The zero-order valence-corrected chi connectivity index (χ0v) is 12.0. The third-order valence-electron chi connectivity index (χ3n) is 4.43. The maximum absolute atomic E-state index is 9.35. The van der Waals surface area contributed by atoms with E-state index in [0.717, 1.165) is 48.9 Å². The van der Waals surface area contributed by atoms with E-state index in [-0.39, 0.29) is 18.4 Å². The van der Waals surface area contributed by atoms with Crippen LogP contribution in [0.4, 0.5) is 0 Å². The lowest BCUT2D eigenvalue weighted by atomic mass is 10.2. The van der Waals surface area contributed by atoms with Gasteiger partial charge in [0.15, 0.2) is 6.23 Å². The van der Waals surface area contributed by atoms with Crippen molar-refractivity contribution >= 4 is 10.9 Å². The summed E-state index contributed by atoms with van der Waals surface area (Å²) in [6.45, 7) is 0.895. The van der Waals surface area contributed by atoms with Crippen LogP contribution in [0.2, 0.25) is 0 Å². The van der Waals surface area contributed by atoms with Crippen LogP contribution in [0.25, 0.3) is 10.9 Å². The zero-order chi connectivity index (χ0) is 14.3. The quantitative estimate of drug-likeness (QED) is 0.939. The van der Waals surface area contributed by atoms with Crippen molar-refractivity contribution in [2.24, 2.45) is 0 Å². The first-order valence-electron chi connectivity index (χ1n) is 7.68. The molecule has 1 aliphatic heterocycles. The number of aliphatic hydroxyl groups is 1. The summed E-state index contributed by atoms with van der Waals surface area (Å²) in [5.41, 5.74) is 0.735. The van der Waals surface area contributed by atoms with Gasteiger partial charge in [-0.1, -0.05) is 0 Å². The number of aromatic nitrogens is 2. The molecule has 2 aromatic rings. The van der Waals surface area contributed by atoms with Gasteiger partial charge in [0.1, 0.15) is 11.4 Å². The summed E-state index contributed by atoms with van der Waals surface area (Å²) in [6.07, 6.45) is 7.10. The van der Waals surface area contributed by atoms with Crippen LogP contribution in [0, 0.1) is 0 Å². The molecule has 1 unspecified atom stereocenters. The first kappa shape index (κ1) is 13.1. The summed E-state index contributed by atoms with van der Waals surface area (Å²) >= 11 is 0. The van der Waals surface area contributed by atoms with Gasteiger partial charge in [-0.2, -0.15) is 5.10 Å². The average molecular weight is 288 g/mol. The number of ether oxygens (including phenoxy) is 2. The number of hydrogen-bond donors (Lipinski definition) is 1. The molecular weight excluding hydrogens is 268 g/mol. The van der Waals surface area contributed by atoms with E-state index >= 15 is 0 Å². The van der Waals surface area contributed by atoms with E-state index in [1.165, 1.54) is 6.42 Å². The molecule has 1 saturated carbocycles. The van der Waals surface area contributed by atoms with Gasteiger partial charge >= 0.3 is 0 Å². The van der Waals surface area contributed by atoms with E-state index in [2.05, 4.69) is 5.10 Å². The molecule has 0 radical (unpaired) electrons. The number of aliphatic hydroxyl groups excluding tert-OH is 1. The number of rotatable bonds is 4. The molecule has 2 aliphatic rings. The first-order valence-corrected chi connectivity index (χ1v) is 7.68. The van der Waals surface area contributed by atoms with Crippen LogP contribution in [0.15, 0.2) is 24.4 Å². The third kappa shape index (κ3) is 2.40. The van der Waals surface area contributed by atoms with Crippen LogP contribution >= 0.6 is 0 Å². The van der Waals surface area contributed by atoms with Crippen LogP contribution in [-0.4, -0.2) is 33.7 Å². The number of benzene rings is 1. The Hall–Kier alpha value is -1.59. The van der Waals surface area contributed by atoms with Crippen molar-refractivity contribution in [2.75, 3.05) is 13.2 Å². The van der Waals surface area contributed by atoms with Gasteiger partial charge in [-0.3, -0.25) is 0 Å². The van der Waals surface area contributed by atoms with Gasteiger partial charge in [0.2, 0.25) is 0 Å². The van der Waals surface area contributed by atoms with E-state index in [4.69, 9.17) is 9.47 Å². The van der Waals surface area contributed by atoms with E-state index in [1.54, 1.807) is 0 Å². The second-order valence-electron chi connectivity index (χ2n) is 6.07. The van der Waals surface area contributed by atoms with Gasteiger partial charge in [-0.25, -0.2) is 4.68 Å². The highest BCUT2D eigenvalue weighted by Gasteiger charge is 2.45. The van der Waals surface area contributed by atoms with E-state index in [0.29, 0.717) is 0 Å². The Labute approximate surface area is 123 Å². The van der Waals surface area contributed by atoms with Crippen molar-refractivity contribution in [1.29, 1.82) is 0 Å². The smallest absolute Gasteiger partial charge is 0.150 e. The molecule has 0 amide bonds. The summed E-state index contributed by atoms with van der Waals surface area (Å²) in [5, 5.41) is 14.9. The van der Waals surface area contributed by atoms with E-state index < -0.39 is 0 Å². The van der Waals surface area contributed by atoms with Gasteiger partial charge < -0.3 is 14.6 Å². The van der Waals surface area contributed by atoms with Gasteiger partial charge in [0.25, 0.3) is 0 Å². The average Bonchev–Trinajstić information content (AvgIpc) is 3.18. The standard InChI is InChI=1S/C16H20N2O3/c19-11-16(6-7-16)21-13-4-5-14-12(9-13)10-17-18(14)15-3-1-2-8-20-15/h4-5,9-10,15,19H,1-3,6-8,11H2. The molecule has 1 N–H and O–H groups in total. The molecule has 1 aromatic heterocycles. The monoisotopic (exact) mass is 288 g/mol. The molecule has 5 heteroatoms. The predicted molar refractivity (Wildman–Crippen MR) is 78.3 cm³/mol. The normalized spacial score (nSPS) is 24.1. The van der Waals surface area contributed by atoms with Crippen LogP contribution in [0.5, 0.6) is 5.75 Å². The Morgan fingerprint density at radius 1 is 1.38 bits per heavy atom. The SMILES string of the molecule is OCC1(Oc2ccc3c(cnn3C3CCCCO3)c2)CC1. The van der Waals surface area contributed by atoms with Crippen molar-refractivity contribution < 1.29 is 14.6 Å². The summed E-state index contributed by atoms with van der Waals surface area (Å²) in [6, 6.07) is 5.99. The fourth-order valence-electron chi connectivity index (χ4n) is 2.92. The summed E-state index contributed by atoms with van der Waals surface area (Å²) in [4.78, 5) is 0. The molecule has 1 aromatic carbocycles. The maximum atomic E-state index is 9.35. The summed E-state index contributed by atoms with van der Waals surface area (Å²) < 4.78 is 13.7. The third-order valence-corrected chi connectivity index (χ3v) is 4.43. The van der Waals surface area contributed by atoms with E-state index in [9.17, 15) is 5.11 Å². The Morgan fingerprint density at radius 3 is 3.00 bits per heavy atom. The van der Waals surface area contributed by atoms with Gasteiger partial charge in [0.05, 0.1) is 18.3 Å². The fraction of sp³-hybridized carbons (Fsp3) is 0.562. The molecule has 1 saturated heterocycles. The highest BCUT2D eigenvalue weighted by atomic mass is 16.5. The van der Waals surface area contributed by atoms with Crippen molar-refractivity contribution in [3.63, 3.8) is 0 Å². The molecule has 4 rings (SSSR count). The Balaban J connectivity index is 1.61. The Bertz CT molecular complexity index is 642. The minimum atomic E-state index is -0.337. The van der Waals surface area contributed by atoms with Crippen LogP contribution in [0.1, 0.15) is 38.3 Å². The molecule has 1 atom stereocenters. The minimum absolute atomic E-state index is 0.0511. The van der Waals surface area contributed by atoms with Gasteiger partial charge in [0, 0.05) is 12.0 Å². The van der Waals surface area contributed by atoms with Crippen molar-refractivity contribution in [3.05, 3.63) is 24.4 Å². The number of nitrogens with zero attached hydrogens (tertiary/aromatic N) is 2. The van der Waals surface area contributed by atoms with Crippen molar-refractivity contribution in [2.45, 2.75) is 43.9 Å². The topological polar surface area (TPSA) is 56.5 Å². The molecule has 2 fully saturated rings. The highest BCUT2D eigenvalue weighted by molar-refractivity contribution is 5.80. The lowest BCUT2D eigenvalue weighted by Gasteiger charge is -2.23.